The number of halogens is 3. The van der Waals surface area contributed by atoms with E-state index in [4.69, 9.17) is 32.9 Å². The van der Waals surface area contributed by atoms with E-state index in [1.54, 1.807) is 18.2 Å². The Bertz CT molecular complexity index is 954. The fourth-order valence-electron chi connectivity index (χ4n) is 4.00. The average molecular weight is 456 g/mol. The van der Waals surface area contributed by atoms with Crippen molar-refractivity contribution in [1.82, 2.24) is 9.55 Å². The van der Waals surface area contributed by atoms with Crippen molar-refractivity contribution in [3.05, 3.63) is 58.3 Å². The minimum Gasteiger partial charge on any atom is -0.489 e. The summed E-state index contributed by atoms with van der Waals surface area (Å²) in [5.41, 5.74) is 2.04. The van der Waals surface area contributed by atoms with Crippen molar-refractivity contribution in [2.24, 2.45) is 0 Å². The van der Waals surface area contributed by atoms with E-state index in [1.807, 2.05) is 18.2 Å². The standard InChI is InChI=1S/C22H24Cl2N2O2.ClH/c23-16-10-11-21(18(24)12-16)28-14-17(27)13-26-20-9-5-4-8-19(20)25-22(26)15-6-2-1-3-7-15;/h4-5,8-12,15,17,27H,1-3,6-7,13-14H2;1H. The van der Waals surface area contributed by atoms with Gasteiger partial charge in [0.25, 0.3) is 0 Å². The second-order valence-corrected chi connectivity index (χ2v) is 8.29. The van der Waals surface area contributed by atoms with Gasteiger partial charge in [-0.2, -0.15) is 0 Å². The van der Waals surface area contributed by atoms with Gasteiger partial charge >= 0.3 is 0 Å². The summed E-state index contributed by atoms with van der Waals surface area (Å²) in [5, 5.41) is 11.7. The zero-order valence-electron chi connectivity index (χ0n) is 16.1. The van der Waals surface area contributed by atoms with E-state index in [1.165, 1.54) is 19.3 Å². The van der Waals surface area contributed by atoms with Gasteiger partial charge < -0.3 is 14.4 Å². The molecule has 0 amide bonds. The molecule has 4 rings (SSSR count). The van der Waals surface area contributed by atoms with Gasteiger partial charge in [-0.3, -0.25) is 0 Å². The Morgan fingerprint density at radius 1 is 1.10 bits per heavy atom. The van der Waals surface area contributed by atoms with Gasteiger partial charge in [-0.1, -0.05) is 54.6 Å². The first kappa shape index (κ1) is 22.2. The number of aliphatic hydroxyl groups is 1. The lowest BCUT2D eigenvalue weighted by Crippen LogP contribution is -2.25. The third kappa shape index (κ3) is 5.18. The predicted octanol–water partition coefficient (Wildman–Crippen LogP) is 6.25. The molecule has 1 unspecified atom stereocenters. The molecule has 1 aliphatic rings. The van der Waals surface area contributed by atoms with Crippen LogP contribution < -0.4 is 4.74 Å². The number of rotatable bonds is 6. The van der Waals surface area contributed by atoms with Crippen LogP contribution in [-0.4, -0.2) is 27.4 Å². The third-order valence-electron chi connectivity index (χ3n) is 5.37. The van der Waals surface area contributed by atoms with Crippen LogP contribution in [0.5, 0.6) is 5.75 Å². The number of para-hydroxylation sites is 2. The van der Waals surface area contributed by atoms with Gasteiger partial charge in [0.1, 0.15) is 24.3 Å². The van der Waals surface area contributed by atoms with Crippen LogP contribution in [0.15, 0.2) is 42.5 Å². The molecule has 1 aromatic heterocycles. The molecule has 156 valence electrons. The van der Waals surface area contributed by atoms with Crippen LogP contribution >= 0.6 is 35.6 Å². The normalized spacial score (nSPS) is 15.8. The monoisotopic (exact) mass is 454 g/mol. The minimum absolute atomic E-state index is 0. The lowest BCUT2D eigenvalue weighted by atomic mass is 9.88. The first-order valence-corrected chi connectivity index (χ1v) is 10.6. The van der Waals surface area contributed by atoms with Crippen LogP contribution in [0.1, 0.15) is 43.8 Å². The van der Waals surface area contributed by atoms with Gasteiger partial charge in [0.05, 0.1) is 22.6 Å². The summed E-state index contributed by atoms with van der Waals surface area (Å²) >= 11 is 12.1. The SMILES string of the molecule is Cl.OC(COc1ccc(Cl)cc1Cl)Cn1c(C2CCCCC2)nc2ccccc21. The highest BCUT2D eigenvalue weighted by molar-refractivity contribution is 6.35. The maximum Gasteiger partial charge on any atom is 0.138 e. The molecule has 0 aliphatic heterocycles. The molecule has 0 saturated heterocycles. The molecule has 3 aromatic rings. The number of hydrogen-bond donors (Lipinski definition) is 1. The topological polar surface area (TPSA) is 47.3 Å². The van der Waals surface area contributed by atoms with E-state index >= 15 is 0 Å². The molecule has 1 saturated carbocycles. The third-order valence-corrected chi connectivity index (χ3v) is 5.90. The summed E-state index contributed by atoms with van der Waals surface area (Å²) in [6.07, 6.45) is 5.44. The van der Waals surface area contributed by atoms with Crippen LogP contribution in [0, 0.1) is 0 Å². The van der Waals surface area contributed by atoms with Crippen molar-refractivity contribution >= 4 is 46.6 Å². The van der Waals surface area contributed by atoms with Gasteiger partial charge in [0, 0.05) is 10.9 Å². The Hall–Kier alpha value is -1.46. The second kappa shape index (κ2) is 10.0. The fourth-order valence-corrected chi connectivity index (χ4v) is 4.46. The quantitative estimate of drug-likeness (QED) is 0.477. The minimum atomic E-state index is -0.674. The molecule has 2 aromatic carbocycles. The van der Waals surface area contributed by atoms with Gasteiger partial charge in [-0.05, 0) is 43.2 Å². The van der Waals surface area contributed by atoms with E-state index in [2.05, 4.69) is 10.6 Å². The van der Waals surface area contributed by atoms with Crippen LogP contribution in [0.25, 0.3) is 11.0 Å². The number of ether oxygens (including phenoxy) is 1. The van der Waals surface area contributed by atoms with E-state index in [9.17, 15) is 5.11 Å². The second-order valence-electron chi connectivity index (χ2n) is 7.44. The Labute approximate surface area is 187 Å². The van der Waals surface area contributed by atoms with Crippen LogP contribution in [0.2, 0.25) is 10.0 Å². The van der Waals surface area contributed by atoms with E-state index in [-0.39, 0.29) is 19.0 Å². The molecule has 7 heteroatoms. The number of imidazole rings is 1. The largest absolute Gasteiger partial charge is 0.489 e. The molecule has 1 fully saturated rings. The number of aromatic nitrogens is 2. The summed E-state index contributed by atoms with van der Waals surface area (Å²) < 4.78 is 7.89. The Kier molecular flexibility index (Phi) is 7.69. The van der Waals surface area contributed by atoms with Crippen molar-refractivity contribution in [2.45, 2.75) is 50.7 Å². The summed E-state index contributed by atoms with van der Waals surface area (Å²) in [5.74, 6) is 2.07. The zero-order chi connectivity index (χ0) is 19.5. The summed E-state index contributed by atoms with van der Waals surface area (Å²) in [6.45, 7) is 0.593. The fraction of sp³-hybridized carbons (Fsp3) is 0.409. The number of hydrogen-bond acceptors (Lipinski definition) is 3. The maximum absolute atomic E-state index is 10.7. The number of aliphatic hydroxyl groups excluding tert-OH is 1. The molecule has 0 bridgehead atoms. The molecule has 0 radical (unpaired) electrons. The molecular formula is C22H25Cl3N2O2. The predicted molar refractivity (Wildman–Crippen MR) is 121 cm³/mol. The molecule has 4 nitrogen and oxygen atoms in total. The summed E-state index contributed by atoms with van der Waals surface area (Å²) in [4.78, 5) is 4.91. The van der Waals surface area contributed by atoms with Crippen molar-refractivity contribution in [2.75, 3.05) is 6.61 Å². The van der Waals surface area contributed by atoms with E-state index in [0.29, 0.717) is 28.3 Å². The summed E-state index contributed by atoms with van der Waals surface area (Å²) in [7, 11) is 0. The van der Waals surface area contributed by atoms with E-state index in [0.717, 1.165) is 29.7 Å². The molecular weight excluding hydrogens is 431 g/mol. The molecule has 1 N–H and O–H groups in total. The Balaban J connectivity index is 0.00000240. The highest BCUT2D eigenvalue weighted by Crippen LogP contribution is 2.34. The molecule has 0 spiro atoms. The van der Waals surface area contributed by atoms with Crippen LogP contribution in [0.4, 0.5) is 0 Å². The average Bonchev–Trinajstić information content (AvgIpc) is 3.06. The van der Waals surface area contributed by atoms with Crippen molar-refractivity contribution in [3.63, 3.8) is 0 Å². The molecule has 1 atom stereocenters. The number of nitrogens with zero attached hydrogens (tertiary/aromatic N) is 2. The highest BCUT2D eigenvalue weighted by atomic mass is 35.5. The zero-order valence-corrected chi connectivity index (χ0v) is 18.4. The molecule has 29 heavy (non-hydrogen) atoms. The van der Waals surface area contributed by atoms with Gasteiger partial charge in [0.15, 0.2) is 0 Å². The van der Waals surface area contributed by atoms with E-state index < -0.39 is 6.10 Å². The smallest absolute Gasteiger partial charge is 0.138 e. The van der Waals surface area contributed by atoms with Crippen molar-refractivity contribution < 1.29 is 9.84 Å². The van der Waals surface area contributed by atoms with Gasteiger partial charge in [-0.15, -0.1) is 12.4 Å². The van der Waals surface area contributed by atoms with Crippen LogP contribution in [-0.2, 0) is 6.54 Å². The number of fused-ring (bicyclic) bond motifs is 1. The maximum atomic E-state index is 10.7. The summed E-state index contributed by atoms with van der Waals surface area (Å²) in [6, 6.07) is 13.2. The van der Waals surface area contributed by atoms with Crippen LogP contribution in [0.3, 0.4) is 0 Å². The van der Waals surface area contributed by atoms with Gasteiger partial charge in [-0.25, -0.2) is 4.98 Å². The lowest BCUT2D eigenvalue weighted by Gasteiger charge is -2.23. The first-order valence-electron chi connectivity index (χ1n) is 9.83. The number of benzene rings is 2. The molecule has 1 aliphatic carbocycles. The van der Waals surface area contributed by atoms with Gasteiger partial charge in [0.2, 0.25) is 0 Å². The first-order chi connectivity index (χ1) is 13.6. The van der Waals surface area contributed by atoms with Crippen molar-refractivity contribution in [3.8, 4) is 5.75 Å². The Morgan fingerprint density at radius 2 is 1.86 bits per heavy atom. The van der Waals surface area contributed by atoms with Crippen molar-refractivity contribution in [1.29, 1.82) is 0 Å². The Morgan fingerprint density at radius 3 is 2.62 bits per heavy atom. The highest BCUT2D eigenvalue weighted by Gasteiger charge is 2.23. The lowest BCUT2D eigenvalue weighted by molar-refractivity contribution is 0.0922. The molecule has 1 heterocycles.